The van der Waals surface area contributed by atoms with Gasteiger partial charge < -0.3 is 19.5 Å². The highest BCUT2D eigenvalue weighted by Crippen LogP contribution is 2.27. The molecule has 6 heteroatoms. The number of amides is 1. The minimum absolute atomic E-state index is 0.0325. The van der Waals surface area contributed by atoms with Crippen molar-refractivity contribution in [2.24, 2.45) is 5.92 Å². The van der Waals surface area contributed by atoms with Gasteiger partial charge in [-0.1, -0.05) is 19.8 Å². The second-order valence-electron chi connectivity index (χ2n) is 6.10. The molecular weight excluding hydrogens is 274 g/mol. The summed E-state index contributed by atoms with van der Waals surface area (Å²) in [5.41, 5.74) is 0. The van der Waals surface area contributed by atoms with Crippen molar-refractivity contribution in [3.8, 4) is 0 Å². The van der Waals surface area contributed by atoms with E-state index in [0.29, 0.717) is 18.9 Å². The minimum atomic E-state index is -0.978. The normalized spacial score (nSPS) is 33.1. The van der Waals surface area contributed by atoms with Crippen LogP contribution in [0.25, 0.3) is 0 Å². The number of carboxylic acid groups (broad SMARTS) is 1. The molecule has 0 aromatic carbocycles. The van der Waals surface area contributed by atoms with Crippen molar-refractivity contribution in [3.63, 3.8) is 0 Å². The molecule has 4 unspecified atom stereocenters. The maximum Gasteiger partial charge on any atom is 0.326 e. The van der Waals surface area contributed by atoms with Crippen LogP contribution in [0.15, 0.2) is 0 Å². The third-order valence-corrected chi connectivity index (χ3v) is 4.66. The lowest BCUT2D eigenvalue weighted by Gasteiger charge is -2.29. The molecule has 2 aliphatic rings. The molecule has 6 nitrogen and oxygen atoms in total. The van der Waals surface area contributed by atoms with Gasteiger partial charge in [-0.05, 0) is 18.8 Å². The van der Waals surface area contributed by atoms with Crippen LogP contribution in [0.3, 0.4) is 0 Å². The van der Waals surface area contributed by atoms with Crippen LogP contribution in [0, 0.1) is 5.92 Å². The Morgan fingerprint density at radius 2 is 2.00 bits per heavy atom. The van der Waals surface area contributed by atoms with Gasteiger partial charge in [-0.25, -0.2) is 4.79 Å². The van der Waals surface area contributed by atoms with Crippen LogP contribution < -0.4 is 0 Å². The van der Waals surface area contributed by atoms with Crippen LogP contribution in [-0.2, 0) is 19.1 Å². The number of carbonyl (C=O) groups excluding carboxylic acids is 1. The number of aliphatic carboxylic acids is 1. The molecule has 1 saturated heterocycles. The lowest BCUT2D eigenvalue weighted by atomic mass is 9.88. The third kappa shape index (κ3) is 3.95. The number of hydrogen-bond donors (Lipinski definition) is 1. The topological polar surface area (TPSA) is 76.1 Å². The van der Waals surface area contributed by atoms with E-state index >= 15 is 0 Å². The van der Waals surface area contributed by atoms with Crippen LogP contribution >= 0.6 is 0 Å². The van der Waals surface area contributed by atoms with Gasteiger partial charge in [-0.3, -0.25) is 4.79 Å². The fraction of sp³-hybridized carbons (Fsp3) is 0.867. The smallest absolute Gasteiger partial charge is 0.326 e. The number of nitrogens with zero attached hydrogens (tertiary/aromatic N) is 1. The molecule has 1 N–H and O–H groups in total. The first-order valence-corrected chi connectivity index (χ1v) is 7.69. The lowest BCUT2D eigenvalue weighted by molar-refractivity contribution is -0.151. The van der Waals surface area contributed by atoms with Crippen LogP contribution in [0.4, 0.5) is 0 Å². The summed E-state index contributed by atoms with van der Waals surface area (Å²) in [6, 6.07) is -0.796. The third-order valence-electron chi connectivity index (χ3n) is 4.66. The molecular formula is C15H25NO5. The maximum atomic E-state index is 12.3. The van der Waals surface area contributed by atoms with Gasteiger partial charge in [0.1, 0.15) is 12.6 Å². The van der Waals surface area contributed by atoms with Crippen molar-refractivity contribution < 1.29 is 24.2 Å². The summed E-state index contributed by atoms with van der Waals surface area (Å²) in [7, 11) is 1.54. The summed E-state index contributed by atoms with van der Waals surface area (Å²) < 4.78 is 10.9. The molecule has 1 aliphatic carbocycles. The molecule has 0 bridgehead atoms. The second-order valence-corrected chi connectivity index (χ2v) is 6.10. The van der Waals surface area contributed by atoms with Crippen LogP contribution in [0.2, 0.25) is 0 Å². The zero-order valence-electron chi connectivity index (χ0n) is 12.8. The first-order valence-electron chi connectivity index (χ1n) is 7.69. The summed E-state index contributed by atoms with van der Waals surface area (Å²) in [4.78, 5) is 24.9. The number of methoxy groups -OCH3 is 1. The molecule has 0 aromatic heterocycles. The predicted molar refractivity (Wildman–Crippen MR) is 75.9 cm³/mol. The monoisotopic (exact) mass is 299 g/mol. The van der Waals surface area contributed by atoms with Gasteiger partial charge in [0.25, 0.3) is 0 Å². The maximum absolute atomic E-state index is 12.3. The summed E-state index contributed by atoms with van der Waals surface area (Å²) in [6.45, 7) is 2.44. The van der Waals surface area contributed by atoms with Crippen LogP contribution in [0.5, 0.6) is 0 Å². The fourth-order valence-electron chi connectivity index (χ4n) is 3.27. The van der Waals surface area contributed by atoms with Gasteiger partial charge in [0, 0.05) is 20.1 Å². The van der Waals surface area contributed by atoms with Gasteiger partial charge in [0.05, 0.1) is 12.2 Å². The highest BCUT2D eigenvalue weighted by molar-refractivity contribution is 5.85. The van der Waals surface area contributed by atoms with E-state index in [0.717, 1.165) is 19.3 Å². The fourth-order valence-corrected chi connectivity index (χ4v) is 3.27. The van der Waals surface area contributed by atoms with Crippen molar-refractivity contribution in [1.82, 2.24) is 4.90 Å². The highest BCUT2D eigenvalue weighted by atomic mass is 16.5. The van der Waals surface area contributed by atoms with Crippen molar-refractivity contribution in [3.05, 3.63) is 0 Å². The summed E-state index contributed by atoms with van der Waals surface area (Å²) in [6.07, 6.45) is 4.73. The molecule has 0 radical (unpaired) electrons. The number of likely N-dealkylation sites (tertiary alicyclic amines) is 1. The average Bonchev–Trinajstić information content (AvgIpc) is 2.90. The van der Waals surface area contributed by atoms with Crippen LogP contribution in [0.1, 0.15) is 39.0 Å². The largest absolute Gasteiger partial charge is 0.480 e. The molecule has 4 atom stereocenters. The van der Waals surface area contributed by atoms with Gasteiger partial charge in [-0.15, -0.1) is 0 Å². The Morgan fingerprint density at radius 1 is 1.29 bits per heavy atom. The van der Waals surface area contributed by atoms with Gasteiger partial charge in [-0.2, -0.15) is 0 Å². The Kier molecular flexibility index (Phi) is 5.58. The summed E-state index contributed by atoms with van der Waals surface area (Å²) in [5.74, 6) is -0.763. The molecule has 0 spiro atoms. The molecule has 21 heavy (non-hydrogen) atoms. The second kappa shape index (κ2) is 7.22. The molecule has 120 valence electrons. The van der Waals surface area contributed by atoms with E-state index in [4.69, 9.17) is 9.47 Å². The number of rotatable bonds is 5. The average molecular weight is 299 g/mol. The molecule has 0 aromatic rings. The van der Waals surface area contributed by atoms with Crippen molar-refractivity contribution in [2.45, 2.75) is 57.3 Å². The van der Waals surface area contributed by atoms with Crippen molar-refractivity contribution in [1.29, 1.82) is 0 Å². The van der Waals surface area contributed by atoms with E-state index in [1.807, 2.05) is 0 Å². The first-order chi connectivity index (χ1) is 10.0. The Hall–Kier alpha value is -1.14. The Labute approximate surface area is 125 Å². The molecule has 1 saturated carbocycles. The minimum Gasteiger partial charge on any atom is -0.480 e. The molecule has 1 amide bonds. The number of carboxylic acids is 1. The highest BCUT2D eigenvalue weighted by Gasteiger charge is 2.40. The Balaban J connectivity index is 1.88. The number of hydrogen-bond acceptors (Lipinski definition) is 4. The number of carbonyl (C=O) groups is 2. The van der Waals surface area contributed by atoms with Gasteiger partial charge in [0.2, 0.25) is 5.91 Å². The molecule has 1 heterocycles. The standard InChI is InChI=1S/C15H25NO5/c1-10-5-3-4-6-13(10)21-9-14(17)16-8-11(20-2)7-12(16)15(18)19/h10-13H,3-9H2,1-2H3,(H,18,19). The van der Waals surface area contributed by atoms with E-state index in [1.54, 1.807) is 0 Å². The Bertz CT molecular complexity index is 386. The zero-order chi connectivity index (χ0) is 15.4. The number of ether oxygens (including phenoxy) is 2. The van der Waals surface area contributed by atoms with E-state index < -0.39 is 12.0 Å². The predicted octanol–water partition coefficient (Wildman–Crippen LogP) is 1.28. The van der Waals surface area contributed by atoms with E-state index in [1.165, 1.54) is 18.4 Å². The Morgan fingerprint density at radius 3 is 2.62 bits per heavy atom. The van der Waals surface area contributed by atoms with Crippen molar-refractivity contribution >= 4 is 11.9 Å². The SMILES string of the molecule is COC1CC(C(=O)O)N(C(=O)COC2CCCCC2C)C1. The first kappa shape index (κ1) is 16.2. The zero-order valence-corrected chi connectivity index (χ0v) is 12.8. The molecule has 2 fully saturated rings. The van der Waals surface area contributed by atoms with E-state index in [9.17, 15) is 14.7 Å². The summed E-state index contributed by atoms with van der Waals surface area (Å²) in [5, 5.41) is 9.21. The van der Waals surface area contributed by atoms with Gasteiger partial charge in [0.15, 0.2) is 0 Å². The van der Waals surface area contributed by atoms with Crippen molar-refractivity contribution in [2.75, 3.05) is 20.3 Å². The van der Waals surface area contributed by atoms with E-state index in [-0.39, 0.29) is 24.7 Å². The lowest BCUT2D eigenvalue weighted by Crippen LogP contribution is -2.43. The molecule has 1 aliphatic heterocycles. The van der Waals surface area contributed by atoms with Crippen LogP contribution in [-0.4, -0.2) is 60.4 Å². The summed E-state index contributed by atoms with van der Waals surface area (Å²) >= 11 is 0. The quantitative estimate of drug-likeness (QED) is 0.827. The van der Waals surface area contributed by atoms with Gasteiger partial charge >= 0.3 is 5.97 Å². The molecule has 2 rings (SSSR count). The van der Waals surface area contributed by atoms with E-state index in [2.05, 4.69) is 6.92 Å².